The summed E-state index contributed by atoms with van der Waals surface area (Å²) >= 11 is 0. The van der Waals surface area contributed by atoms with Crippen molar-refractivity contribution in [3.05, 3.63) is 29.2 Å². The zero-order chi connectivity index (χ0) is 8.60. The molecule has 1 aromatic heterocycles. The summed E-state index contributed by atoms with van der Waals surface area (Å²) in [5.74, 6) is 0. The van der Waals surface area contributed by atoms with Gasteiger partial charge < -0.3 is 10.7 Å². The normalized spacial score (nSPS) is 26.8. The van der Waals surface area contributed by atoms with Crippen LogP contribution in [0.25, 0.3) is 12.2 Å². The largest absolute Gasteiger partial charge is 0.345 e. The Morgan fingerprint density at radius 3 is 3.25 bits per heavy atom. The van der Waals surface area contributed by atoms with Gasteiger partial charge in [-0.2, -0.15) is 0 Å². The molecule has 12 heavy (non-hydrogen) atoms. The summed E-state index contributed by atoms with van der Waals surface area (Å²) in [6, 6.07) is 0. The van der Waals surface area contributed by atoms with Gasteiger partial charge in [-0.25, -0.2) is 4.98 Å². The number of nitrogens with zero attached hydrogens (tertiary/aromatic N) is 1. The third kappa shape index (κ3) is 1.19. The van der Waals surface area contributed by atoms with Crippen molar-refractivity contribution in [1.29, 1.82) is 0 Å². The number of hydrogen-bond donors (Lipinski definition) is 2. The van der Waals surface area contributed by atoms with Gasteiger partial charge in [-0.15, -0.1) is 0 Å². The van der Waals surface area contributed by atoms with E-state index in [0.717, 1.165) is 10.7 Å². The molecule has 1 atom stereocenters. The molecule has 1 unspecified atom stereocenters. The van der Waals surface area contributed by atoms with Crippen LogP contribution in [0.5, 0.6) is 0 Å². The Balaban J connectivity index is 2.75. The summed E-state index contributed by atoms with van der Waals surface area (Å²) in [6.45, 7) is 1.95. The van der Waals surface area contributed by atoms with Crippen LogP contribution in [0.2, 0.25) is 0 Å². The lowest BCUT2D eigenvalue weighted by Crippen LogP contribution is -2.35. The van der Waals surface area contributed by atoms with Crippen molar-refractivity contribution in [2.45, 2.75) is 12.5 Å². The van der Waals surface area contributed by atoms with Crippen LogP contribution >= 0.6 is 0 Å². The maximum atomic E-state index is 5.94. The van der Waals surface area contributed by atoms with Gasteiger partial charge >= 0.3 is 0 Å². The van der Waals surface area contributed by atoms with Gasteiger partial charge in [-0.1, -0.05) is 12.2 Å². The zero-order valence-electron chi connectivity index (χ0n) is 6.91. The number of aromatic nitrogens is 2. The van der Waals surface area contributed by atoms with E-state index in [-0.39, 0.29) is 0 Å². The third-order valence-electron chi connectivity index (χ3n) is 1.87. The van der Waals surface area contributed by atoms with Crippen molar-refractivity contribution >= 4 is 12.2 Å². The molecule has 1 aliphatic rings. The molecule has 3 N–H and O–H groups in total. The second-order valence-corrected chi connectivity index (χ2v) is 3.24. The molecule has 3 heteroatoms. The highest BCUT2D eigenvalue weighted by molar-refractivity contribution is 5.48. The summed E-state index contributed by atoms with van der Waals surface area (Å²) in [6.07, 6.45) is 9.48. The molecule has 3 nitrogen and oxygen atoms in total. The van der Waals surface area contributed by atoms with Crippen LogP contribution in [0.4, 0.5) is 0 Å². The van der Waals surface area contributed by atoms with Gasteiger partial charge in [-0.05, 0) is 19.1 Å². The minimum absolute atomic E-state index is 0.392. The summed E-state index contributed by atoms with van der Waals surface area (Å²) in [5.41, 5.74) is 5.54. The smallest absolute Gasteiger partial charge is 0.0931 e. The van der Waals surface area contributed by atoms with Gasteiger partial charge in [0.15, 0.2) is 0 Å². The van der Waals surface area contributed by atoms with Crippen LogP contribution in [-0.2, 0) is 0 Å². The molecule has 2 rings (SSSR count). The average molecular weight is 161 g/mol. The summed E-state index contributed by atoms with van der Waals surface area (Å²) in [4.78, 5) is 7.18. The predicted octanol–water partition coefficient (Wildman–Crippen LogP) is -0.742. The number of hydrogen-bond acceptors (Lipinski definition) is 2. The van der Waals surface area contributed by atoms with E-state index in [1.807, 2.05) is 31.2 Å². The number of imidazole rings is 1. The first-order valence-electron chi connectivity index (χ1n) is 3.88. The lowest BCUT2D eigenvalue weighted by molar-refractivity contribution is 0.776. The fourth-order valence-corrected chi connectivity index (χ4v) is 1.26. The number of H-pyrrole nitrogens is 1. The molecule has 0 saturated heterocycles. The van der Waals surface area contributed by atoms with Crippen LogP contribution in [0.15, 0.2) is 18.5 Å². The summed E-state index contributed by atoms with van der Waals surface area (Å²) in [5, 5.41) is 1.94. The van der Waals surface area contributed by atoms with E-state index in [1.54, 1.807) is 6.33 Å². The lowest BCUT2D eigenvalue weighted by Gasteiger charge is -2.12. The van der Waals surface area contributed by atoms with E-state index in [1.165, 1.54) is 0 Å². The fraction of sp³-hybridized carbons (Fsp3) is 0.222. The Morgan fingerprint density at radius 2 is 2.42 bits per heavy atom. The number of nitrogens with one attached hydrogen (secondary N) is 1. The Bertz CT molecular complexity index is 423. The lowest BCUT2D eigenvalue weighted by atomic mass is 10.0. The van der Waals surface area contributed by atoms with E-state index in [2.05, 4.69) is 9.97 Å². The fourth-order valence-electron chi connectivity index (χ4n) is 1.26. The molecule has 1 aliphatic carbocycles. The number of rotatable bonds is 0. The van der Waals surface area contributed by atoms with Crippen molar-refractivity contribution < 1.29 is 0 Å². The predicted molar refractivity (Wildman–Crippen MR) is 48.5 cm³/mol. The first-order chi connectivity index (χ1) is 5.67. The van der Waals surface area contributed by atoms with Crippen molar-refractivity contribution in [1.82, 2.24) is 9.97 Å². The van der Waals surface area contributed by atoms with Gasteiger partial charge in [0.2, 0.25) is 0 Å². The Kier molecular flexibility index (Phi) is 1.41. The molecule has 0 fully saturated rings. The van der Waals surface area contributed by atoms with Crippen molar-refractivity contribution in [2.24, 2.45) is 5.73 Å². The highest BCUT2D eigenvalue weighted by Gasteiger charge is 2.11. The Morgan fingerprint density at radius 1 is 1.58 bits per heavy atom. The molecule has 0 aromatic carbocycles. The molecule has 1 heterocycles. The minimum atomic E-state index is -0.392. The van der Waals surface area contributed by atoms with Gasteiger partial charge in [-0.3, -0.25) is 0 Å². The van der Waals surface area contributed by atoms with Crippen LogP contribution in [0.1, 0.15) is 6.92 Å². The summed E-state index contributed by atoms with van der Waals surface area (Å²) < 4.78 is 0. The maximum Gasteiger partial charge on any atom is 0.0931 e. The third-order valence-corrected chi connectivity index (χ3v) is 1.87. The Labute approximate surface area is 70.3 Å². The van der Waals surface area contributed by atoms with Crippen LogP contribution < -0.4 is 16.4 Å². The van der Waals surface area contributed by atoms with Crippen molar-refractivity contribution in [3.63, 3.8) is 0 Å². The number of allylic oxidation sites excluding steroid dienone is 1. The molecule has 0 spiro atoms. The van der Waals surface area contributed by atoms with Crippen LogP contribution in [-0.4, -0.2) is 15.5 Å². The van der Waals surface area contributed by atoms with Crippen molar-refractivity contribution in [2.75, 3.05) is 0 Å². The molecule has 1 aromatic rings. The number of nitrogens with two attached hydrogens (primary N) is 1. The highest BCUT2D eigenvalue weighted by atomic mass is 14.9. The average Bonchev–Trinajstić information content (AvgIpc) is 2.31. The van der Waals surface area contributed by atoms with Crippen LogP contribution in [0.3, 0.4) is 0 Å². The van der Waals surface area contributed by atoms with Gasteiger partial charge in [0.1, 0.15) is 0 Å². The summed E-state index contributed by atoms with van der Waals surface area (Å²) in [7, 11) is 0. The van der Waals surface area contributed by atoms with Gasteiger partial charge in [0.05, 0.1) is 22.6 Å². The molecular weight excluding hydrogens is 150 g/mol. The molecule has 0 bridgehead atoms. The Hall–Kier alpha value is -1.35. The van der Waals surface area contributed by atoms with E-state index in [9.17, 15) is 0 Å². The van der Waals surface area contributed by atoms with E-state index < -0.39 is 5.54 Å². The highest BCUT2D eigenvalue weighted by Crippen LogP contribution is 2.03. The van der Waals surface area contributed by atoms with E-state index in [0.29, 0.717) is 0 Å². The monoisotopic (exact) mass is 161 g/mol. The first-order valence-corrected chi connectivity index (χ1v) is 3.88. The molecule has 0 amide bonds. The van der Waals surface area contributed by atoms with Gasteiger partial charge in [0.25, 0.3) is 0 Å². The second-order valence-electron chi connectivity index (χ2n) is 3.24. The van der Waals surface area contributed by atoms with E-state index in [4.69, 9.17) is 5.73 Å². The standard InChI is InChI=1S/C9H11N3/c1-9(10)4-2-3-7-8(5-9)12-6-11-7/h2-6H,10H2,1H3,(H,11,12). The molecule has 0 saturated carbocycles. The molecule has 62 valence electrons. The maximum absolute atomic E-state index is 5.94. The van der Waals surface area contributed by atoms with Crippen molar-refractivity contribution in [3.8, 4) is 0 Å². The molecule has 0 radical (unpaired) electrons. The topological polar surface area (TPSA) is 54.7 Å². The minimum Gasteiger partial charge on any atom is -0.345 e. The molecule has 0 aliphatic heterocycles. The zero-order valence-corrected chi connectivity index (χ0v) is 6.91. The van der Waals surface area contributed by atoms with Crippen LogP contribution in [0, 0.1) is 0 Å². The second kappa shape index (κ2) is 2.32. The van der Waals surface area contributed by atoms with Gasteiger partial charge in [0, 0.05) is 0 Å². The SMILES string of the molecule is CC1(N)C=CC=c2[nH]cnc2=C1. The number of fused-ring (bicyclic) bond motifs is 1. The number of aromatic amines is 1. The molecular formula is C9H11N3. The van der Waals surface area contributed by atoms with E-state index >= 15 is 0 Å². The first kappa shape index (κ1) is 7.31. The quantitative estimate of drug-likeness (QED) is 0.526.